The van der Waals surface area contributed by atoms with Crippen molar-refractivity contribution in [1.29, 1.82) is 0 Å². The van der Waals surface area contributed by atoms with E-state index in [2.05, 4.69) is 6.92 Å². The maximum absolute atomic E-state index is 12.9. The molecule has 8 nitrogen and oxygen atoms in total. The molecule has 2 heterocycles. The Morgan fingerprint density at radius 2 is 1.85 bits per heavy atom. The molecule has 2 aromatic rings. The summed E-state index contributed by atoms with van der Waals surface area (Å²) in [5.41, 5.74) is 3.16. The molecular formula is C24H30N4O4S. The van der Waals surface area contributed by atoms with Gasteiger partial charge in [0.1, 0.15) is 18.8 Å². The zero-order valence-corrected chi connectivity index (χ0v) is 20.6. The molecule has 0 radical (unpaired) electrons. The topological polar surface area (TPSA) is 75.1 Å². The number of aromatic nitrogens is 1. The molecule has 0 spiro atoms. The van der Waals surface area contributed by atoms with Crippen molar-refractivity contribution in [2.24, 2.45) is 0 Å². The number of likely N-dealkylation sites (N-methyl/N-ethyl adjacent to an activating group) is 2. The Morgan fingerprint density at radius 1 is 1.15 bits per heavy atom. The van der Waals surface area contributed by atoms with Gasteiger partial charge in [-0.3, -0.25) is 19.3 Å². The minimum absolute atomic E-state index is 0.0344. The molecule has 0 N–H and O–H groups in total. The van der Waals surface area contributed by atoms with E-state index in [0.29, 0.717) is 18.8 Å². The summed E-state index contributed by atoms with van der Waals surface area (Å²) >= 11 is 5.38. The monoisotopic (exact) mass is 470 g/mol. The lowest BCUT2D eigenvalue weighted by molar-refractivity contribution is -0.140. The lowest BCUT2D eigenvalue weighted by Gasteiger charge is -2.19. The maximum Gasteiger partial charge on any atom is 0.325 e. The number of aryl methyl sites for hydroxylation is 1. The molecule has 0 atom stereocenters. The first-order valence-corrected chi connectivity index (χ1v) is 11.4. The molecule has 1 aromatic heterocycles. The molecule has 0 unspecified atom stereocenters. The van der Waals surface area contributed by atoms with Gasteiger partial charge in [0.25, 0.3) is 5.91 Å². The van der Waals surface area contributed by atoms with E-state index in [1.165, 1.54) is 16.9 Å². The number of methoxy groups -OCH3 is 1. The molecule has 1 aromatic carbocycles. The minimum Gasteiger partial charge on any atom is -0.468 e. The number of ether oxygens (including phenoxy) is 1. The first-order chi connectivity index (χ1) is 15.8. The van der Waals surface area contributed by atoms with Crippen LogP contribution in [0.1, 0.15) is 31.9 Å². The molecule has 0 saturated carbocycles. The van der Waals surface area contributed by atoms with Crippen LogP contribution in [0, 0.1) is 0 Å². The molecule has 176 valence electrons. The zero-order valence-electron chi connectivity index (χ0n) is 19.8. The van der Waals surface area contributed by atoms with Crippen LogP contribution in [-0.2, 0) is 32.1 Å². The Bertz CT molecular complexity index is 1130. The highest BCUT2D eigenvalue weighted by Gasteiger charge is 2.37. The summed E-state index contributed by atoms with van der Waals surface area (Å²) in [7, 11) is 2.88. The second-order valence-electron chi connectivity index (χ2n) is 7.78. The number of benzene rings is 1. The molecule has 1 fully saturated rings. The molecule has 3 rings (SSSR count). The van der Waals surface area contributed by atoms with E-state index < -0.39 is 5.97 Å². The number of rotatable bonds is 8. The fourth-order valence-electron chi connectivity index (χ4n) is 4.10. The highest BCUT2D eigenvalue weighted by atomic mass is 32.1. The van der Waals surface area contributed by atoms with Crippen LogP contribution in [0.25, 0.3) is 17.0 Å². The highest BCUT2D eigenvalue weighted by Crippen LogP contribution is 2.30. The van der Waals surface area contributed by atoms with E-state index in [4.69, 9.17) is 17.0 Å². The Morgan fingerprint density at radius 3 is 2.45 bits per heavy atom. The molecule has 0 aliphatic carbocycles. The molecule has 2 amide bonds. The normalized spacial score (nSPS) is 15.1. The van der Waals surface area contributed by atoms with E-state index in [-0.39, 0.29) is 30.0 Å². The smallest absolute Gasteiger partial charge is 0.325 e. The number of hydrogen-bond acceptors (Lipinski definition) is 5. The van der Waals surface area contributed by atoms with Crippen LogP contribution in [0.3, 0.4) is 0 Å². The molecule has 0 bridgehead atoms. The van der Waals surface area contributed by atoms with Gasteiger partial charge < -0.3 is 19.1 Å². The predicted octanol–water partition coefficient (Wildman–Crippen LogP) is 2.64. The van der Waals surface area contributed by atoms with Gasteiger partial charge in [0.05, 0.1) is 12.6 Å². The molecule has 1 saturated heterocycles. The summed E-state index contributed by atoms with van der Waals surface area (Å²) in [4.78, 5) is 42.3. The summed E-state index contributed by atoms with van der Waals surface area (Å²) in [5, 5.41) is 1.17. The van der Waals surface area contributed by atoms with Crippen molar-refractivity contribution in [2.45, 2.75) is 33.7 Å². The van der Waals surface area contributed by atoms with Gasteiger partial charge in [0.15, 0.2) is 5.11 Å². The lowest BCUT2D eigenvalue weighted by atomic mass is 10.1. The van der Waals surface area contributed by atoms with Gasteiger partial charge in [-0.15, -0.1) is 0 Å². The number of hydrogen-bond donors (Lipinski definition) is 0. The predicted molar refractivity (Wildman–Crippen MR) is 131 cm³/mol. The fraction of sp³-hybridized carbons (Fsp3) is 0.417. The molecule has 33 heavy (non-hydrogen) atoms. The largest absolute Gasteiger partial charge is 0.468 e. The van der Waals surface area contributed by atoms with Gasteiger partial charge in [-0.2, -0.15) is 0 Å². The van der Waals surface area contributed by atoms with Crippen molar-refractivity contribution in [1.82, 2.24) is 19.3 Å². The van der Waals surface area contributed by atoms with Crippen LogP contribution in [0.2, 0.25) is 0 Å². The average molecular weight is 471 g/mol. The molecular weight excluding hydrogens is 440 g/mol. The third-order valence-corrected chi connectivity index (χ3v) is 6.45. The first kappa shape index (κ1) is 24.4. The van der Waals surface area contributed by atoms with Gasteiger partial charge in [-0.1, -0.05) is 25.1 Å². The fourth-order valence-corrected chi connectivity index (χ4v) is 4.35. The minimum atomic E-state index is -0.494. The summed E-state index contributed by atoms with van der Waals surface area (Å²) < 4.78 is 6.73. The zero-order chi connectivity index (χ0) is 24.3. The number of amides is 2. The molecule has 9 heteroatoms. The second kappa shape index (κ2) is 10.2. The molecule has 1 aliphatic heterocycles. The average Bonchev–Trinajstić information content (AvgIpc) is 3.25. The Kier molecular flexibility index (Phi) is 7.53. The van der Waals surface area contributed by atoms with Crippen LogP contribution >= 0.6 is 12.2 Å². The lowest BCUT2D eigenvalue weighted by Crippen LogP contribution is -2.33. The van der Waals surface area contributed by atoms with Crippen LogP contribution in [-0.4, -0.2) is 76.0 Å². The summed E-state index contributed by atoms with van der Waals surface area (Å²) in [6.07, 6.45) is 4.43. The number of carbonyl (C=O) groups is 3. The van der Waals surface area contributed by atoms with E-state index in [0.717, 1.165) is 28.5 Å². The summed E-state index contributed by atoms with van der Waals surface area (Å²) in [6.45, 7) is 7.34. The summed E-state index contributed by atoms with van der Waals surface area (Å²) in [5.74, 6) is -0.755. The maximum atomic E-state index is 12.9. The number of fused-ring (bicyclic) bond motifs is 1. The van der Waals surface area contributed by atoms with Crippen LogP contribution in [0.5, 0.6) is 0 Å². The quantitative estimate of drug-likeness (QED) is 0.336. The second-order valence-corrected chi connectivity index (χ2v) is 8.15. The van der Waals surface area contributed by atoms with E-state index >= 15 is 0 Å². The van der Waals surface area contributed by atoms with Crippen molar-refractivity contribution >= 4 is 52.1 Å². The van der Waals surface area contributed by atoms with Gasteiger partial charge in [0, 0.05) is 37.3 Å². The third-order valence-electron chi connectivity index (χ3n) is 5.95. The van der Waals surface area contributed by atoms with E-state index in [1.54, 1.807) is 18.0 Å². The van der Waals surface area contributed by atoms with Crippen LogP contribution in [0.15, 0.2) is 30.1 Å². The van der Waals surface area contributed by atoms with Crippen molar-refractivity contribution in [2.75, 3.05) is 33.8 Å². The van der Waals surface area contributed by atoms with Gasteiger partial charge in [-0.05, 0) is 44.1 Å². The Hall–Kier alpha value is -3.20. The standard InChI is InChI=1S/C24H30N4O4S/c1-6-16-10-9-11-18-17(13-27(22(16)18)14-20(29)26(7-2)8-3)12-19-23(31)25(4)24(33)28(19)15-21(30)32-5/h9-13H,6-8,14-15H2,1-5H3/b19-12-. The van der Waals surface area contributed by atoms with Crippen LogP contribution < -0.4 is 0 Å². The first-order valence-electron chi connectivity index (χ1n) is 11.0. The Balaban J connectivity index is 2.13. The number of nitrogens with zero attached hydrogens (tertiary/aromatic N) is 4. The van der Waals surface area contributed by atoms with Crippen molar-refractivity contribution < 1.29 is 19.1 Å². The summed E-state index contributed by atoms with van der Waals surface area (Å²) in [6, 6.07) is 6.00. The van der Waals surface area contributed by atoms with Crippen molar-refractivity contribution in [3.05, 3.63) is 41.2 Å². The third kappa shape index (κ3) is 4.64. The number of thiocarbonyl (C=S) groups is 1. The molecule has 1 aliphatic rings. The highest BCUT2D eigenvalue weighted by molar-refractivity contribution is 7.80. The van der Waals surface area contributed by atoms with Crippen molar-refractivity contribution in [3.63, 3.8) is 0 Å². The van der Waals surface area contributed by atoms with Gasteiger partial charge >= 0.3 is 5.97 Å². The van der Waals surface area contributed by atoms with Crippen LogP contribution in [0.4, 0.5) is 0 Å². The Labute approximate surface area is 199 Å². The van der Waals surface area contributed by atoms with Crippen molar-refractivity contribution in [3.8, 4) is 0 Å². The van der Waals surface area contributed by atoms with E-state index in [9.17, 15) is 14.4 Å². The number of esters is 1. The van der Waals surface area contributed by atoms with Gasteiger partial charge in [-0.25, -0.2) is 0 Å². The SMILES string of the molecule is CCc1cccc2c(/C=C3/C(=O)N(C)C(=S)N3CC(=O)OC)cn(CC(=O)N(CC)CC)c12. The number of para-hydroxylation sites is 1. The number of carbonyl (C=O) groups excluding carboxylic acids is 3. The van der Waals surface area contributed by atoms with Gasteiger partial charge in [0.2, 0.25) is 5.91 Å². The van der Waals surface area contributed by atoms with E-state index in [1.807, 2.05) is 42.8 Å².